The molecule has 0 bridgehead atoms. The van der Waals surface area contributed by atoms with E-state index in [0.29, 0.717) is 6.04 Å². The van der Waals surface area contributed by atoms with Crippen LogP contribution < -0.4 is 5.32 Å². The Morgan fingerprint density at radius 1 is 1.40 bits per heavy atom. The first kappa shape index (κ1) is 9.45. The van der Waals surface area contributed by atoms with E-state index in [1.165, 1.54) is 0 Å². The lowest BCUT2D eigenvalue weighted by Gasteiger charge is -2.07. The first-order chi connectivity index (χ1) is 4.66. The van der Waals surface area contributed by atoms with Crippen molar-refractivity contribution in [2.45, 2.75) is 33.2 Å². The largest absolute Gasteiger partial charge is 0.314 e. The second kappa shape index (κ2) is 5.25. The maximum atomic E-state index is 8.42. The Kier molecular flexibility index (Phi) is 4.96. The van der Waals surface area contributed by atoms with Crippen LogP contribution in [0.3, 0.4) is 0 Å². The predicted octanol–water partition coefficient (Wildman–Crippen LogP) is 1.53. The van der Waals surface area contributed by atoms with Crippen LogP contribution in [0.1, 0.15) is 27.2 Å². The predicted molar refractivity (Wildman–Crippen MR) is 42.5 cm³/mol. The van der Waals surface area contributed by atoms with Gasteiger partial charge in [0.1, 0.15) is 0 Å². The third kappa shape index (κ3) is 5.58. The highest BCUT2D eigenvalue weighted by Crippen LogP contribution is 1.96. The van der Waals surface area contributed by atoms with Gasteiger partial charge in [0, 0.05) is 12.0 Å². The molecular formula is C8H16N2. The van der Waals surface area contributed by atoms with Crippen molar-refractivity contribution in [2.75, 3.05) is 6.54 Å². The minimum Gasteiger partial charge on any atom is -0.314 e. The molecule has 58 valence electrons. The molecule has 0 aliphatic heterocycles. The lowest BCUT2D eigenvalue weighted by molar-refractivity contribution is 0.533. The summed E-state index contributed by atoms with van der Waals surface area (Å²) in [6.07, 6.45) is 0.953. The van der Waals surface area contributed by atoms with Crippen molar-refractivity contribution >= 4 is 0 Å². The fourth-order valence-electron chi connectivity index (χ4n) is 0.653. The first-order valence-electron chi connectivity index (χ1n) is 3.79. The van der Waals surface area contributed by atoms with Gasteiger partial charge in [-0.15, -0.1) is 0 Å². The monoisotopic (exact) mass is 140 g/mol. The molecule has 0 rings (SSSR count). The summed E-state index contributed by atoms with van der Waals surface area (Å²) in [6, 6.07) is 2.73. The molecule has 2 heteroatoms. The van der Waals surface area contributed by atoms with E-state index in [1.807, 2.05) is 6.92 Å². The molecule has 0 aliphatic carbocycles. The molecule has 2 nitrogen and oxygen atoms in total. The van der Waals surface area contributed by atoms with Gasteiger partial charge in [-0.25, -0.2) is 0 Å². The normalized spacial score (nSPS) is 13.1. The Balaban J connectivity index is 3.13. The molecule has 0 aromatic rings. The SMILES string of the molecule is CC(C#N)CCNC(C)C. The van der Waals surface area contributed by atoms with Crippen LogP contribution in [0.15, 0.2) is 0 Å². The van der Waals surface area contributed by atoms with E-state index in [4.69, 9.17) is 5.26 Å². The van der Waals surface area contributed by atoms with Crippen LogP contribution in [0.25, 0.3) is 0 Å². The first-order valence-corrected chi connectivity index (χ1v) is 3.79. The number of nitrogens with one attached hydrogen (secondary N) is 1. The fraction of sp³-hybridized carbons (Fsp3) is 0.875. The molecule has 0 saturated carbocycles. The standard InChI is InChI=1S/C8H16N2/c1-7(2)10-5-4-8(3)6-9/h7-8,10H,4-5H2,1-3H3. The van der Waals surface area contributed by atoms with E-state index in [0.717, 1.165) is 13.0 Å². The van der Waals surface area contributed by atoms with Crippen LogP contribution in [-0.2, 0) is 0 Å². The number of hydrogen-bond acceptors (Lipinski definition) is 2. The molecular weight excluding hydrogens is 124 g/mol. The highest BCUT2D eigenvalue weighted by molar-refractivity contribution is 4.78. The summed E-state index contributed by atoms with van der Waals surface area (Å²) in [5.74, 6) is 0.186. The van der Waals surface area contributed by atoms with Crippen LogP contribution in [0, 0.1) is 17.2 Å². The summed E-state index contributed by atoms with van der Waals surface area (Å²) < 4.78 is 0. The highest BCUT2D eigenvalue weighted by atomic mass is 14.9. The van der Waals surface area contributed by atoms with Gasteiger partial charge >= 0.3 is 0 Å². The summed E-state index contributed by atoms with van der Waals surface area (Å²) in [6.45, 7) is 7.11. The molecule has 10 heavy (non-hydrogen) atoms. The van der Waals surface area contributed by atoms with Crippen molar-refractivity contribution in [3.63, 3.8) is 0 Å². The van der Waals surface area contributed by atoms with Crippen LogP contribution in [0.4, 0.5) is 0 Å². The Bertz CT molecular complexity index is 113. The zero-order valence-corrected chi connectivity index (χ0v) is 7.02. The van der Waals surface area contributed by atoms with E-state index in [-0.39, 0.29) is 5.92 Å². The average Bonchev–Trinajstić information content (AvgIpc) is 1.87. The Labute approximate surface area is 63.2 Å². The highest BCUT2D eigenvalue weighted by Gasteiger charge is 1.98. The summed E-state index contributed by atoms with van der Waals surface area (Å²) in [7, 11) is 0. The van der Waals surface area contributed by atoms with Gasteiger partial charge in [0.05, 0.1) is 6.07 Å². The van der Waals surface area contributed by atoms with Crippen molar-refractivity contribution in [2.24, 2.45) is 5.92 Å². The number of rotatable bonds is 4. The van der Waals surface area contributed by atoms with Gasteiger partial charge in [-0.3, -0.25) is 0 Å². The molecule has 0 radical (unpaired) electrons. The fourth-order valence-corrected chi connectivity index (χ4v) is 0.653. The molecule has 0 aliphatic rings. The third-order valence-corrected chi connectivity index (χ3v) is 1.35. The molecule has 0 aromatic carbocycles. The summed E-state index contributed by atoms with van der Waals surface area (Å²) in [5, 5.41) is 11.7. The Hall–Kier alpha value is -0.550. The maximum absolute atomic E-state index is 8.42. The summed E-state index contributed by atoms with van der Waals surface area (Å²) >= 11 is 0. The molecule has 1 N–H and O–H groups in total. The quantitative estimate of drug-likeness (QED) is 0.643. The molecule has 0 saturated heterocycles. The topological polar surface area (TPSA) is 35.8 Å². The minimum atomic E-state index is 0.186. The van der Waals surface area contributed by atoms with E-state index in [9.17, 15) is 0 Å². The maximum Gasteiger partial charge on any atom is 0.0653 e. The number of nitriles is 1. The molecule has 0 spiro atoms. The summed E-state index contributed by atoms with van der Waals surface area (Å²) in [4.78, 5) is 0. The summed E-state index contributed by atoms with van der Waals surface area (Å²) in [5.41, 5.74) is 0. The van der Waals surface area contributed by atoms with E-state index < -0.39 is 0 Å². The van der Waals surface area contributed by atoms with Gasteiger partial charge < -0.3 is 5.32 Å². The van der Waals surface area contributed by atoms with Gasteiger partial charge in [0.25, 0.3) is 0 Å². The van der Waals surface area contributed by atoms with Crippen molar-refractivity contribution in [3.8, 4) is 6.07 Å². The zero-order chi connectivity index (χ0) is 7.98. The Morgan fingerprint density at radius 2 is 2.00 bits per heavy atom. The lowest BCUT2D eigenvalue weighted by atomic mass is 10.1. The average molecular weight is 140 g/mol. The molecule has 0 aromatic heterocycles. The smallest absolute Gasteiger partial charge is 0.0653 e. The second-order valence-corrected chi connectivity index (χ2v) is 2.93. The van der Waals surface area contributed by atoms with E-state index in [2.05, 4.69) is 25.2 Å². The molecule has 0 heterocycles. The molecule has 1 unspecified atom stereocenters. The van der Waals surface area contributed by atoms with Crippen molar-refractivity contribution < 1.29 is 0 Å². The van der Waals surface area contributed by atoms with Gasteiger partial charge in [0.15, 0.2) is 0 Å². The van der Waals surface area contributed by atoms with Gasteiger partial charge in [-0.2, -0.15) is 5.26 Å². The van der Waals surface area contributed by atoms with Gasteiger partial charge in [-0.1, -0.05) is 13.8 Å². The van der Waals surface area contributed by atoms with E-state index >= 15 is 0 Å². The molecule has 0 amide bonds. The Morgan fingerprint density at radius 3 is 2.40 bits per heavy atom. The van der Waals surface area contributed by atoms with E-state index in [1.54, 1.807) is 0 Å². The van der Waals surface area contributed by atoms with Crippen LogP contribution in [-0.4, -0.2) is 12.6 Å². The second-order valence-electron chi connectivity index (χ2n) is 2.93. The lowest BCUT2D eigenvalue weighted by Crippen LogP contribution is -2.24. The number of hydrogen-bond donors (Lipinski definition) is 1. The van der Waals surface area contributed by atoms with Crippen molar-refractivity contribution in [1.29, 1.82) is 5.26 Å². The van der Waals surface area contributed by atoms with Crippen LogP contribution >= 0.6 is 0 Å². The minimum absolute atomic E-state index is 0.186. The van der Waals surface area contributed by atoms with Crippen LogP contribution in [0.5, 0.6) is 0 Å². The number of nitrogens with zero attached hydrogens (tertiary/aromatic N) is 1. The van der Waals surface area contributed by atoms with Gasteiger partial charge in [-0.05, 0) is 19.9 Å². The zero-order valence-electron chi connectivity index (χ0n) is 7.02. The molecule has 1 atom stereocenters. The third-order valence-electron chi connectivity index (χ3n) is 1.35. The van der Waals surface area contributed by atoms with Crippen LogP contribution in [0.2, 0.25) is 0 Å². The molecule has 0 fully saturated rings. The van der Waals surface area contributed by atoms with Gasteiger partial charge in [0.2, 0.25) is 0 Å². The van der Waals surface area contributed by atoms with Crippen molar-refractivity contribution in [1.82, 2.24) is 5.32 Å². The van der Waals surface area contributed by atoms with Crippen molar-refractivity contribution in [3.05, 3.63) is 0 Å².